The molecule has 0 fully saturated rings. The minimum atomic E-state index is 0.108. The fourth-order valence-corrected chi connectivity index (χ4v) is 1.77. The molecule has 102 valence electrons. The van der Waals surface area contributed by atoms with Crippen LogP contribution in [0.3, 0.4) is 0 Å². The Hall–Kier alpha value is -0.730. The zero-order valence-electron chi connectivity index (χ0n) is 11.8. The van der Waals surface area contributed by atoms with Crippen LogP contribution in [-0.2, 0) is 0 Å². The third kappa shape index (κ3) is 6.27. The van der Waals surface area contributed by atoms with Gasteiger partial charge in [0.25, 0.3) is 0 Å². The summed E-state index contributed by atoms with van der Waals surface area (Å²) in [4.78, 5) is 0. The lowest BCUT2D eigenvalue weighted by Crippen LogP contribution is -2.35. The second kappa shape index (κ2) is 7.01. The number of rotatable bonds is 7. The van der Waals surface area contributed by atoms with Crippen molar-refractivity contribution in [3.8, 4) is 5.75 Å². The molecule has 0 saturated heterocycles. The Morgan fingerprint density at radius 3 is 2.67 bits per heavy atom. The maximum atomic E-state index is 5.92. The van der Waals surface area contributed by atoms with E-state index in [4.69, 9.17) is 16.3 Å². The second-order valence-electron chi connectivity index (χ2n) is 5.94. The standard InChI is InChI=1S/C15H24ClNO/c1-12(2)9-17-10-15(3,4)11-18-14-7-5-6-13(16)8-14/h5-8,12,17H,9-11H2,1-4H3. The fourth-order valence-electron chi connectivity index (χ4n) is 1.59. The first-order valence-electron chi connectivity index (χ1n) is 6.48. The van der Waals surface area contributed by atoms with Gasteiger partial charge >= 0.3 is 0 Å². The highest BCUT2D eigenvalue weighted by Crippen LogP contribution is 2.21. The number of benzene rings is 1. The van der Waals surface area contributed by atoms with Crippen LogP contribution in [0.15, 0.2) is 24.3 Å². The van der Waals surface area contributed by atoms with Crippen LogP contribution >= 0.6 is 11.6 Å². The minimum absolute atomic E-state index is 0.108. The third-order valence-electron chi connectivity index (χ3n) is 2.58. The normalized spacial score (nSPS) is 11.9. The summed E-state index contributed by atoms with van der Waals surface area (Å²) < 4.78 is 5.78. The summed E-state index contributed by atoms with van der Waals surface area (Å²) in [5, 5.41) is 4.18. The maximum absolute atomic E-state index is 5.92. The lowest BCUT2D eigenvalue weighted by atomic mass is 9.94. The molecule has 1 aromatic carbocycles. The van der Waals surface area contributed by atoms with Crippen molar-refractivity contribution < 1.29 is 4.74 Å². The van der Waals surface area contributed by atoms with Crippen molar-refractivity contribution in [1.82, 2.24) is 5.32 Å². The summed E-state index contributed by atoms with van der Waals surface area (Å²) in [7, 11) is 0. The first-order valence-corrected chi connectivity index (χ1v) is 6.86. The molecule has 3 heteroatoms. The number of hydrogen-bond donors (Lipinski definition) is 1. The molecule has 0 bridgehead atoms. The molecule has 0 spiro atoms. The molecule has 0 aliphatic rings. The molecule has 1 aromatic rings. The lowest BCUT2D eigenvalue weighted by Gasteiger charge is -2.25. The van der Waals surface area contributed by atoms with Crippen molar-refractivity contribution in [3.05, 3.63) is 29.3 Å². The predicted octanol–water partition coefficient (Wildman–Crippen LogP) is 3.99. The smallest absolute Gasteiger partial charge is 0.120 e. The number of halogens is 1. The Kier molecular flexibility index (Phi) is 5.97. The Balaban J connectivity index is 2.36. The van der Waals surface area contributed by atoms with Gasteiger partial charge in [-0.2, -0.15) is 0 Å². The molecule has 0 aromatic heterocycles. The topological polar surface area (TPSA) is 21.3 Å². The molecule has 0 amide bonds. The summed E-state index contributed by atoms with van der Waals surface area (Å²) in [5.41, 5.74) is 0.108. The van der Waals surface area contributed by atoms with Crippen LogP contribution in [0.25, 0.3) is 0 Å². The highest BCUT2D eigenvalue weighted by molar-refractivity contribution is 6.30. The molecule has 1 N–H and O–H groups in total. The Labute approximate surface area is 116 Å². The van der Waals surface area contributed by atoms with E-state index < -0.39 is 0 Å². The van der Waals surface area contributed by atoms with Crippen LogP contribution in [0, 0.1) is 11.3 Å². The lowest BCUT2D eigenvalue weighted by molar-refractivity contribution is 0.175. The molecule has 0 heterocycles. The average Bonchev–Trinajstić information content (AvgIpc) is 2.26. The predicted molar refractivity (Wildman–Crippen MR) is 78.4 cm³/mol. The average molecular weight is 270 g/mol. The highest BCUT2D eigenvalue weighted by atomic mass is 35.5. The molecule has 0 radical (unpaired) electrons. The highest BCUT2D eigenvalue weighted by Gasteiger charge is 2.18. The van der Waals surface area contributed by atoms with E-state index in [9.17, 15) is 0 Å². The monoisotopic (exact) mass is 269 g/mol. The Morgan fingerprint density at radius 2 is 2.06 bits per heavy atom. The van der Waals surface area contributed by atoms with Gasteiger partial charge in [0.05, 0.1) is 6.61 Å². The van der Waals surface area contributed by atoms with Crippen LogP contribution in [0.1, 0.15) is 27.7 Å². The van der Waals surface area contributed by atoms with E-state index in [0.29, 0.717) is 17.5 Å². The van der Waals surface area contributed by atoms with Gasteiger partial charge in [-0.1, -0.05) is 45.4 Å². The van der Waals surface area contributed by atoms with Crippen molar-refractivity contribution in [2.45, 2.75) is 27.7 Å². The first kappa shape index (κ1) is 15.3. The van der Waals surface area contributed by atoms with Gasteiger partial charge in [0.15, 0.2) is 0 Å². The number of hydrogen-bond acceptors (Lipinski definition) is 2. The zero-order valence-corrected chi connectivity index (χ0v) is 12.6. The van der Waals surface area contributed by atoms with Crippen molar-refractivity contribution >= 4 is 11.6 Å². The fraction of sp³-hybridized carbons (Fsp3) is 0.600. The minimum Gasteiger partial charge on any atom is -0.493 e. The largest absolute Gasteiger partial charge is 0.493 e. The van der Waals surface area contributed by atoms with E-state index in [0.717, 1.165) is 18.8 Å². The quantitative estimate of drug-likeness (QED) is 0.808. The van der Waals surface area contributed by atoms with Gasteiger partial charge in [0.2, 0.25) is 0 Å². The van der Waals surface area contributed by atoms with Gasteiger partial charge in [-0.3, -0.25) is 0 Å². The summed E-state index contributed by atoms with van der Waals surface area (Å²) in [6.07, 6.45) is 0. The molecule has 1 rings (SSSR count). The van der Waals surface area contributed by atoms with Crippen molar-refractivity contribution in [1.29, 1.82) is 0 Å². The van der Waals surface area contributed by atoms with Crippen molar-refractivity contribution in [3.63, 3.8) is 0 Å². The van der Waals surface area contributed by atoms with E-state index in [-0.39, 0.29) is 5.41 Å². The molecule has 0 aliphatic carbocycles. The van der Waals surface area contributed by atoms with E-state index in [1.807, 2.05) is 24.3 Å². The van der Waals surface area contributed by atoms with Gasteiger partial charge in [0.1, 0.15) is 5.75 Å². The third-order valence-corrected chi connectivity index (χ3v) is 2.82. The summed E-state index contributed by atoms with van der Waals surface area (Å²) in [6, 6.07) is 7.54. The number of ether oxygens (including phenoxy) is 1. The number of nitrogens with one attached hydrogen (secondary N) is 1. The zero-order chi connectivity index (χ0) is 13.6. The van der Waals surface area contributed by atoms with Crippen molar-refractivity contribution in [2.75, 3.05) is 19.7 Å². The molecular formula is C15H24ClNO. The molecular weight excluding hydrogens is 246 g/mol. The summed E-state index contributed by atoms with van der Waals surface area (Å²) in [6.45, 7) is 11.5. The van der Waals surface area contributed by atoms with Crippen LogP contribution in [0.2, 0.25) is 5.02 Å². The molecule has 0 unspecified atom stereocenters. The Morgan fingerprint density at radius 1 is 1.33 bits per heavy atom. The maximum Gasteiger partial charge on any atom is 0.120 e. The van der Waals surface area contributed by atoms with E-state index in [1.54, 1.807) is 0 Å². The summed E-state index contributed by atoms with van der Waals surface area (Å²) in [5.74, 6) is 1.51. The molecule has 0 atom stereocenters. The van der Waals surface area contributed by atoms with Crippen LogP contribution in [0.4, 0.5) is 0 Å². The van der Waals surface area contributed by atoms with Gasteiger partial charge in [-0.25, -0.2) is 0 Å². The molecule has 0 aliphatic heterocycles. The first-order chi connectivity index (χ1) is 8.39. The molecule has 2 nitrogen and oxygen atoms in total. The van der Waals surface area contributed by atoms with E-state index >= 15 is 0 Å². The SMILES string of the molecule is CC(C)CNCC(C)(C)COc1cccc(Cl)c1. The van der Waals surface area contributed by atoms with Gasteiger partial charge < -0.3 is 10.1 Å². The van der Waals surface area contributed by atoms with Crippen molar-refractivity contribution in [2.24, 2.45) is 11.3 Å². The molecule has 18 heavy (non-hydrogen) atoms. The second-order valence-corrected chi connectivity index (χ2v) is 6.37. The molecule has 0 saturated carbocycles. The van der Waals surface area contributed by atoms with Gasteiger partial charge in [-0.05, 0) is 30.7 Å². The van der Waals surface area contributed by atoms with Crippen LogP contribution in [-0.4, -0.2) is 19.7 Å². The van der Waals surface area contributed by atoms with E-state index in [1.165, 1.54) is 0 Å². The van der Waals surface area contributed by atoms with Gasteiger partial charge in [0, 0.05) is 17.0 Å². The van der Waals surface area contributed by atoms with E-state index in [2.05, 4.69) is 33.0 Å². The van der Waals surface area contributed by atoms with Gasteiger partial charge in [-0.15, -0.1) is 0 Å². The summed E-state index contributed by atoms with van der Waals surface area (Å²) >= 11 is 5.92. The van der Waals surface area contributed by atoms with Crippen LogP contribution < -0.4 is 10.1 Å². The van der Waals surface area contributed by atoms with Crippen LogP contribution in [0.5, 0.6) is 5.75 Å². The Bertz CT molecular complexity index is 363.